The van der Waals surface area contributed by atoms with Crippen LogP contribution in [0.5, 0.6) is 0 Å². The number of carbonyl (C=O) groups is 1. The molecule has 20 heavy (non-hydrogen) atoms. The van der Waals surface area contributed by atoms with Crippen molar-refractivity contribution in [1.29, 1.82) is 0 Å². The van der Waals surface area contributed by atoms with Gasteiger partial charge in [0.05, 0.1) is 25.1 Å². The van der Waals surface area contributed by atoms with Crippen LogP contribution in [-0.2, 0) is 22.6 Å². The maximum Gasteiger partial charge on any atom is 0.228 e. The summed E-state index contributed by atoms with van der Waals surface area (Å²) in [6.45, 7) is 6.81. The molecule has 0 bridgehead atoms. The van der Waals surface area contributed by atoms with Gasteiger partial charge in [0.2, 0.25) is 5.91 Å². The van der Waals surface area contributed by atoms with Gasteiger partial charge in [0.15, 0.2) is 0 Å². The number of rotatable bonds is 2. The highest BCUT2D eigenvalue weighted by atomic mass is 16.5. The molecule has 0 aliphatic carbocycles. The Kier molecular flexibility index (Phi) is 3.74. The Bertz CT molecular complexity index is 499. The molecule has 0 N–H and O–H groups in total. The van der Waals surface area contributed by atoms with Gasteiger partial charge in [-0.05, 0) is 26.2 Å². The molecular formula is C14H22N4O2. The number of aromatic nitrogens is 3. The highest BCUT2D eigenvalue weighted by Crippen LogP contribution is 2.26. The maximum absolute atomic E-state index is 12.7. The van der Waals surface area contributed by atoms with Crippen molar-refractivity contribution in [2.45, 2.75) is 52.3 Å². The SMILES string of the molecule is CC[C@H]1OCCC[C@H]1C(=O)N1CCn2nc(C)nc2C1. The molecule has 6 heteroatoms. The molecule has 1 aromatic heterocycles. The minimum atomic E-state index is 0.0179. The van der Waals surface area contributed by atoms with E-state index < -0.39 is 0 Å². The van der Waals surface area contributed by atoms with Crippen LogP contribution in [0.1, 0.15) is 37.8 Å². The molecule has 0 spiro atoms. The lowest BCUT2D eigenvalue weighted by molar-refractivity contribution is -0.146. The Morgan fingerprint density at radius 3 is 3.10 bits per heavy atom. The molecule has 3 rings (SSSR count). The average Bonchev–Trinajstić information content (AvgIpc) is 2.85. The fraction of sp³-hybridized carbons (Fsp3) is 0.786. The Balaban J connectivity index is 1.71. The average molecular weight is 278 g/mol. The number of nitrogens with zero attached hydrogens (tertiary/aromatic N) is 4. The summed E-state index contributed by atoms with van der Waals surface area (Å²) >= 11 is 0. The summed E-state index contributed by atoms with van der Waals surface area (Å²) < 4.78 is 7.66. The van der Waals surface area contributed by atoms with Gasteiger partial charge in [0, 0.05) is 13.2 Å². The van der Waals surface area contributed by atoms with Crippen LogP contribution in [0.15, 0.2) is 0 Å². The van der Waals surface area contributed by atoms with Crippen molar-refractivity contribution in [2.75, 3.05) is 13.2 Å². The first-order chi connectivity index (χ1) is 9.69. The zero-order chi connectivity index (χ0) is 14.1. The van der Waals surface area contributed by atoms with Crippen molar-refractivity contribution in [2.24, 2.45) is 5.92 Å². The zero-order valence-corrected chi connectivity index (χ0v) is 12.2. The van der Waals surface area contributed by atoms with E-state index in [4.69, 9.17) is 4.74 Å². The van der Waals surface area contributed by atoms with Crippen LogP contribution >= 0.6 is 0 Å². The van der Waals surface area contributed by atoms with Gasteiger partial charge < -0.3 is 9.64 Å². The summed E-state index contributed by atoms with van der Waals surface area (Å²) in [5.41, 5.74) is 0. The van der Waals surface area contributed by atoms with Crippen molar-refractivity contribution in [3.05, 3.63) is 11.6 Å². The molecule has 0 saturated carbocycles. The Morgan fingerprint density at radius 2 is 2.30 bits per heavy atom. The van der Waals surface area contributed by atoms with E-state index in [1.165, 1.54) is 0 Å². The first kappa shape index (κ1) is 13.5. The van der Waals surface area contributed by atoms with Crippen molar-refractivity contribution >= 4 is 5.91 Å². The lowest BCUT2D eigenvalue weighted by atomic mass is 9.91. The van der Waals surface area contributed by atoms with Gasteiger partial charge in [-0.3, -0.25) is 4.79 Å². The van der Waals surface area contributed by atoms with Gasteiger partial charge >= 0.3 is 0 Å². The van der Waals surface area contributed by atoms with Crippen LogP contribution < -0.4 is 0 Å². The Morgan fingerprint density at radius 1 is 1.45 bits per heavy atom. The molecule has 1 saturated heterocycles. The third-order valence-electron chi connectivity index (χ3n) is 4.24. The Hall–Kier alpha value is -1.43. The Labute approximate surface area is 119 Å². The van der Waals surface area contributed by atoms with Crippen molar-refractivity contribution in [1.82, 2.24) is 19.7 Å². The molecule has 110 valence electrons. The second kappa shape index (κ2) is 5.52. The van der Waals surface area contributed by atoms with Crippen LogP contribution in [-0.4, -0.2) is 44.8 Å². The molecule has 3 heterocycles. The maximum atomic E-state index is 12.7. The third-order valence-corrected chi connectivity index (χ3v) is 4.24. The molecule has 2 aliphatic rings. The summed E-state index contributed by atoms with van der Waals surface area (Å²) in [5.74, 6) is 1.92. The van der Waals surface area contributed by atoms with Gasteiger partial charge in [0.1, 0.15) is 11.6 Å². The lowest BCUT2D eigenvalue weighted by Crippen LogP contribution is -2.46. The molecule has 1 fully saturated rings. The third kappa shape index (κ3) is 2.44. The van der Waals surface area contributed by atoms with Crippen LogP contribution in [0, 0.1) is 12.8 Å². The second-order valence-electron chi connectivity index (χ2n) is 5.62. The fourth-order valence-corrected chi connectivity index (χ4v) is 3.21. The van der Waals surface area contributed by atoms with Crippen molar-refractivity contribution in [3.8, 4) is 0 Å². The van der Waals surface area contributed by atoms with E-state index in [9.17, 15) is 4.79 Å². The smallest absolute Gasteiger partial charge is 0.228 e. The molecule has 0 radical (unpaired) electrons. The summed E-state index contributed by atoms with van der Waals surface area (Å²) in [6.07, 6.45) is 2.91. The van der Waals surface area contributed by atoms with E-state index in [1.807, 2.05) is 16.5 Å². The number of hydrogen-bond acceptors (Lipinski definition) is 4. The molecule has 1 amide bonds. The van der Waals surface area contributed by atoms with Crippen molar-refractivity contribution < 1.29 is 9.53 Å². The number of hydrogen-bond donors (Lipinski definition) is 0. The van der Waals surface area contributed by atoms with E-state index >= 15 is 0 Å². The normalized spacial score (nSPS) is 26.4. The highest BCUT2D eigenvalue weighted by molar-refractivity contribution is 5.79. The monoisotopic (exact) mass is 278 g/mol. The fourth-order valence-electron chi connectivity index (χ4n) is 3.21. The van der Waals surface area contributed by atoms with Gasteiger partial charge in [-0.15, -0.1) is 0 Å². The van der Waals surface area contributed by atoms with Crippen LogP contribution in [0.4, 0.5) is 0 Å². The molecular weight excluding hydrogens is 256 g/mol. The minimum Gasteiger partial charge on any atom is -0.377 e. The van der Waals surface area contributed by atoms with E-state index in [0.29, 0.717) is 6.54 Å². The molecule has 6 nitrogen and oxygen atoms in total. The zero-order valence-electron chi connectivity index (χ0n) is 12.2. The predicted octanol–water partition coefficient (Wildman–Crippen LogP) is 1.13. The van der Waals surface area contributed by atoms with Gasteiger partial charge in [-0.2, -0.15) is 5.10 Å². The first-order valence-corrected chi connectivity index (χ1v) is 7.49. The van der Waals surface area contributed by atoms with Crippen LogP contribution in [0.3, 0.4) is 0 Å². The molecule has 0 unspecified atom stereocenters. The summed E-state index contributed by atoms with van der Waals surface area (Å²) in [6, 6.07) is 0. The summed E-state index contributed by atoms with van der Waals surface area (Å²) in [7, 11) is 0. The van der Waals surface area contributed by atoms with Gasteiger partial charge in [-0.1, -0.05) is 6.92 Å². The highest BCUT2D eigenvalue weighted by Gasteiger charge is 2.35. The minimum absolute atomic E-state index is 0.0179. The number of carbonyl (C=O) groups excluding carboxylic acids is 1. The number of fused-ring (bicyclic) bond motifs is 1. The topological polar surface area (TPSA) is 60.2 Å². The van der Waals surface area contributed by atoms with Crippen LogP contribution in [0.2, 0.25) is 0 Å². The molecule has 2 aliphatic heterocycles. The van der Waals surface area contributed by atoms with E-state index in [-0.39, 0.29) is 17.9 Å². The van der Waals surface area contributed by atoms with Gasteiger partial charge in [-0.25, -0.2) is 9.67 Å². The quantitative estimate of drug-likeness (QED) is 0.814. The molecule has 0 aromatic carbocycles. The largest absolute Gasteiger partial charge is 0.377 e. The number of amides is 1. The molecule has 1 aromatic rings. The van der Waals surface area contributed by atoms with E-state index in [0.717, 1.165) is 50.6 Å². The number of aryl methyl sites for hydroxylation is 1. The second-order valence-corrected chi connectivity index (χ2v) is 5.62. The summed E-state index contributed by atoms with van der Waals surface area (Å²) in [5, 5.41) is 4.33. The summed E-state index contributed by atoms with van der Waals surface area (Å²) in [4.78, 5) is 19.0. The molecule has 2 atom stereocenters. The number of ether oxygens (including phenoxy) is 1. The van der Waals surface area contributed by atoms with E-state index in [2.05, 4.69) is 17.0 Å². The van der Waals surface area contributed by atoms with E-state index in [1.54, 1.807) is 0 Å². The van der Waals surface area contributed by atoms with Crippen LogP contribution in [0.25, 0.3) is 0 Å². The first-order valence-electron chi connectivity index (χ1n) is 7.49. The predicted molar refractivity (Wildman–Crippen MR) is 72.9 cm³/mol. The standard InChI is InChI=1S/C14H22N4O2/c1-3-12-11(5-4-8-20-12)14(19)17-6-7-18-13(9-17)15-10(2)16-18/h11-12H,3-9H2,1-2H3/t11-,12-/m1/s1. The van der Waals surface area contributed by atoms with Crippen molar-refractivity contribution in [3.63, 3.8) is 0 Å². The van der Waals surface area contributed by atoms with Gasteiger partial charge in [0.25, 0.3) is 0 Å². The lowest BCUT2D eigenvalue weighted by Gasteiger charge is -2.35.